The van der Waals surface area contributed by atoms with Gasteiger partial charge >= 0.3 is 5.97 Å². The third kappa shape index (κ3) is 6.69. The Balaban J connectivity index is 1.47. The summed E-state index contributed by atoms with van der Waals surface area (Å²) in [6, 6.07) is 13.7. The van der Waals surface area contributed by atoms with Crippen LogP contribution in [0, 0.1) is 5.82 Å². The van der Waals surface area contributed by atoms with Gasteiger partial charge in [0.1, 0.15) is 16.4 Å². The zero-order valence-electron chi connectivity index (χ0n) is 21.8. The molecule has 0 unspecified atom stereocenters. The number of esters is 1. The fraction of sp³-hybridized carbons (Fsp3) is 0.321. The van der Waals surface area contributed by atoms with Gasteiger partial charge in [-0.3, -0.25) is 14.4 Å². The smallest absolute Gasteiger partial charge is 0.341 e. The van der Waals surface area contributed by atoms with E-state index in [2.05, 4.69) is 15.3 Å². The minimum atomic E-state index is -0.572. The van der Waals surface area contributed by atoms with Gasteiger partial charge in [0.2, 0.25) is 5.13 Å². The monoisotopic (exact) mass is 535 g/mol. The lowest BCUT2D eigenvalue weighted by molar-refractivity contribution is 0.00693. The Bertz CT molecular complexity index is 1410. The molecule has 0 N–H and O–H groups in total. The fourth-order valence-corrected chi connectivity index (χ4v) is 4.53. The summed E-state index contributed by atoms with van der Waals surface area (Å²) in [4.78, 5) is 26.9. The van der Waals surface area contributed by atoms with E-state index in [0.717, 1.165) is 24.0 Å². The van der Waals surface area contributed by atoms with Gasteiger partial charge in [-0.15, -0.1) is 10.2 Å². The van der Waals surface area contributed by atoms with Crippen LogP contribution in [-0.4, -0.2) is 44.0 Å². The summed E-state index contributed by atoms with van der Waals surface area (Å²) in [6.07, 6.45) is 4.80. The molecular weight excluding hydrogens is 505 g/mol. The van der Waals surface area contributed by atoms with Crippen molar-refractivity contribution in [3.63, 3.8) is 0 Å². The molecule has 0 aliphatic heterocycles. The molecule has 4 aromatic rings. The largest absolute Gasteiger partial charge is 0.456 e. The number of hydrogen-bond donors (Lipinski definition) is 0. The predicted octanol–water partition coefficient (Wildman–Crippen LogP) is 5.99. The first-order chi connectivity index (χ1) is 18.1. The van der Waals surface area contributed by atoms with Crippen molar-refractivity contribution in [3.8, 4) is 10.6 Å². The van der Waals surface area contributed by atoms with Gasteiger partial charge in [0, 0.05) is 18.3 Å². The summed E-state index contributed by atoms with van der Waals surface area (Å²) in [6.45, 7) is 8.39. The average Bonchev–Trinajstić information content (AvgIpc) is 3.54. The van der Waals surface area contributed by atoms with Crippen LogP contribution >= 0.6 is 11.3 Å². The number of carbonyl (C=O) groups is 2. The molecule has 198 valence electrons. The molecule has 4 rings (SSSR count). The van der Waals surface area contributed by atoms with E-state index in [1.54, 1.807) is 23.0 Å². The number of nitrogens with zero attached hydrogens (tertiary/aromatic N) is 5. The van der Waals surface area contributed by atoms with E-state index in [0.29, 0.717) is 28.8 Å². The molecule has 0 aliphatic rings. The van der Waals surface area contributed by atoms with Crippen molar-refractivity contribution in [1.82, 2.24) is 20.0 Å². The van der Waals surface area contributed by atoms with Crippen molar-refractivity contribution in [2.75, 3.05) is 11.4 Å². The lowest BCUT2D eigenvalue weighted by atomic mass is 10.1. The minimum absolute atomic E-state index is 0.0122. The van der Waals surface area contributed by atoms with Crippen LogP contribution in [0.25, 0.3) is 10.6 Å². The van der Waals surface area contributed by atoms with Crippen LogP contribution in [0.1, 0.15) is 66.8 Å². The second-order valence-corrected chi connectivity index (χ2v) is 10.8. The summed E-state index contributed by atoms with van der Waals surface area (Å²) >= 11 is 1.29. The quantitative estimate of drug-likeness (QED) is 0.245. The first kappa shape index (κ1) is 27.1. The molecule has 0 radical (unpaired) electrons. The van der Waals surface area contributed by atoms with E-state index in [-0.39, 0.29) is 5.56 Å². The molecule has 1 amide bonds. The molecule has 0 fully saturated rings. The van der Waals surface area contributed by atoms with Gasteiger partial charge in [-0.1, -0.05) is 61.1 Å². The highest BCUT2D eigenvalue weighted by Gasteiger charge is 2.24. The number of hydrogen-bond acceptors (Lipinski definition) is 7. The van der Waals surface area contributed by atoms with E-state index in [1.807, 2.05) is 52.0 Å². The van der Waals surface area contributed by atoms with Crippen LogP contribution in [-0.2, 0) is 11.3 Å². The Labute approximate surface area is 225 Å². The van der Waals surface area contributed by atoms with E-state index in [4.69, 9.17) is 4.74 Å². The molecule has 0 atom stereocenters. The average molecular weight is 536 g/mol. The van der Waals surface area contributed by atoms with Crippen molar-refractivity contribution in [1.29, 1.82) is 0 Å². The fourth-order valence-electron chi connectivity index (χ4n) is 3.65. The number of halogens is 1. The van der Waals surface area contributed by atoms with Crippen LogP contribution in [0.5, 0.6) is 0 Å². The van der Waals surface area contributed by atoms with Crippen LogP contribution in [0.15, 0.2) is 60.9 Å². The van der Waals surface area contributed by atoms with Crippen molar-refractivity contribution >= 4 is 28.3 Å². The molecule has 0 aliphatic carbocycles. The van der Waals surface area contributed by atoms with Gasteiger partial charge in [-0.2, -0.15) is 5.10 Å². The van der Waals surface area contributed by atoms with Crippen molar-refractivity contribution in [3.05, 3.63) is 83.4 Å². The highest BCUT2D eigenvalue weighted by Crippen LogP contribution is 2.30. The Morgan fingerprint density at radius 2 is 1.82 bits per heavy atom. The Kier molecular flexibility index (Phi) is 8.31. The number of unbranched alkanes of at least 4 members (excludes halogenated alkanes) is 1. The van der Waals surface area contributed by atoms with Crippen molar-refractivity contribution < 1.29 is 18.7 Å². The predicted molar refractivity (Wildman–Crippen MR) is 145 cm³/mol. The lowest BCUT2D eigenvalue weighted by Gasteiger charge is -2.19. The molecule has 8 nitrogen and oxygen atoms in total. The highest BCUT2D eigenvalue weighted by molar-refractivity contribution is 7.18. The topological polar surface area (TPSA) is 90.2 Å². The number of amides is 1. The summed E-state index contributed by atoms with van der Waals surface area (Å²) in [7, 11) is 0. The van der Waals surface area contributed by atoms with Gasteiger partial charge in [0.25, 0.3) is 5.91 Å². The first-order valence-corrected chi connectivity index (χ1v) is 13.2. The van der Waals surface area contributed by atoms with Crippen molar-refractivity contribution in [2.24, 2.45) is 0 Å². The Morgan fingerprint density at radius 3 is 2.50 bits per heavy atom. The minimum Gasteiger partial charge on any atom is -0.456 e. The molecule has 2 heterocycles. The van der Waals surface area contributed by atoms with Crippen LogP contribution < -0.4 is 4.90 Å². The number of aromatic nitrogens is 4. The van der Waals surface area contributed by atoms with E-state index < -0.39 is 23.3 Å². The van der Waals surface area contributed by atoms with Gasteiger partial charge in [-0.25, -0.2) is 9.18 Å². The number of carbonyl (C=O) groups excluding carboxylic acids is 2. The first-order valence-electron chi connectivity index (χ1n) is 12.4. The summed E-state index contributed by atoms with van der Waals surface area (Å²) in [5.41, 5.74) is 1.67. The number of benzene rings is 2. The zero-order valence-corrected chi connectivity index (χ0v) is 22.7. The molecule has 38 heavy (non-hydrogen) atoms. The van der Waals surface area contributed by atoms with E-state index in [1.165, 1.54) is 34.6 Å². The highest BCUT2D eigenvalue weighted by atomic mass is 32.1. The Morgan fingerprint density at radius 1 is 1.08 bits per heavy atom. The SMILES string of the molecule is CCCCN(C(=O)c1ccccc1F)c1nnc(-c2ccc(Cn3cc(C(=O)OC(C)(C)C)cn3)cc2)s1. The van der Waals surface area contributed by atoms with Gasteiger partial charge in [0.05, 0.1) is 23.9 Å². The van der Waals surface area contributed by atoms with Crippen LogP contribution in [0.4, 0.5) is 9.52 Å². The maximum Gasteiger partial charge on any atom is 0.341 e. The normalized spacial score (nSPS) is 11.4. The molecular formula is C28H30FN5O3S. The molecule has 0 saturated heterocycles. The second kappa shape index (κ2) is 11.6. The molecule has 10 heteroatoms. The maximum atomic E-state index is 14.3. The van der Waals surface area contributed by atoms with Gasteiger partial charge < -0.3 is 4.74 Å². The number of anilines is 1. The van der Waals surface area contributed by atoms with Gasteiger partial charge in [0.15, 0.2) is 0 Å². The van der Waals surface area contributed by atoms with Crippen molar-refractivity contribution in [2.45, 2.75) is 52.7 Å². The summed E-state index contributed by atoms with van der Waals surface area (Å²) in [5.74, 6) is -1.40. The molecule has 0 saturated carbocycles. The van der Waals surface area contributed by atoms with Crippen LogP contribution in [0.2, 0.25) is 0 Å². The number of ether oxygens (including phenoxy) is 1. The maximum absolute atomic E-state index is 14.3. The third-order valence-corrected chi connectivity index (χ3v) is 6.54. The summed E-state index contributed by atoms with van der Waals surface area (Å²) < 4.78 is 21.4. The molecule has 2 aromatic heterocycles. The lowest BCUT2D eigenvalue weighted by Crippen LogP contribution is -2.32. The second-order valence-electron chi connectivity index (χ2n) is 9.81. The van der Waals surface area contributed by atoms with Gasteiger partial charge in [-0.05, 0) is 44.9 Å². The molecule has 2 aromatic carbocycles. The zero-order chi connectivity index (χ0) is 27.3. The van der Waals surface area contributed by atoms with E-state index in [9.17, 15) is 14.0 Å². The molecule has 0 bridgehead atoms. The standard InChI is InChI=1S/C28H30FN5O3S/c1-5-6-15-34(25(35)22-9-7-8-10-23(22)29)27-32-31-24(38-27)20-13-11-19(12-14-20)17-33-18-21(16-30-33)26(36)37-28(2,3)4/h7-14,16,18H,5-6,15,17H2,1-4H3. The van der Waals surface area contributed by atoms with E-state index >= 15 is 0 Å². The molecule has 0 spiro atoms. The summed E-state index contributed by atoms with van der Waals surface area (Å²) in [5, 5.41) is 13.9. The van der Waals surface area contributed by atoms with Crippen LogP contribution in [0.3, 0.4) is 0 Å². The Hall–Kier alpha value is -3.92. The third-order valence-electron chi connectivity index (χ3n) is 5.54. The number of rotatable bonds is 9.